The predicted molar refractivity (Wildman–Crippen MR) is 82.0 cm³/mol. The summed E-state index contributed by atoms with van der Waals surface area (Å²) in [6.07, 6.45) is 0. The molecule has 8 heteroatoms. The van der Waals surface area contributed by atoms with Crippen molar-refractivity contribution >= 4 is 47.9 Å². The van der Waals surface area contributed by atoms with Gasteiger partial charge in [-0.2, -0.15) is 0 Å². The maximum Gasteiger partial charge on any atom is 0.265 e. The molecular weight excluding hydrogens is 314 g/mol. The van der Waals surface area contributed by atoms with Gasteiger partial charge < -0.3 is 0 Å². The Morgan fingerprint density at radius 3 is 2.55 bits per heavy atom. The van der Waals surface area contributed by atoms with Crippen molar-refractivity contribution in [2.75, 3.05) is 4.72 Å². The zero-order valence-corrected chi connectivity index (χ0v) is 13.2. The molecule has 0 aliphatic carbocycles. The van der Waals surface area contributed by atoms with E-state index < -0.39 is 10.0 Å². The van der Waals surface area contributed by atoms with Crippen LogP contribution in [0.4, 0.5) is 5.13 Å². The second kappa shape index (κ2) is 4.80. The van der Waals surface area contributed by atoms with Crippen molar-refractivity contribution in [3.63, 3.8) is 0 Å². The summed E-state index contributed by atoms with van der Waals surface area (Å²) in [5.74, 6) is 0. The minimum atomic E-state index is -3.65. The third kappa shape index (κ3) is 2.30. The first-order valence-corrected chi connectivity index (χ1v) is 8.90. The fourth-order valence-electron chi connectivity index (χ4n) is 1.98. The average Bonchev–Trinajstić information content (AvgIpc) is 2.91. The molecule has 0 spiro atoms. The van der Waals surface area contributed by atoms with Crippen molar-refractivity contribution in [3.8, 4) is 0 Å². The van der Waals surface area contributed by atoms with Gasteiger partial charge in [0.15, 0.2) is 0 Å². The van der Waals surface area contributed by atoms with Gasteiger partial charge in [-0.05, 0) is 19.9 Å². The van der Waals surface area contributed by atoms with E-state index in [4.69, 9.17) is 0 Å². The van der Waals surface area contributed by atoms with Crippen LogP contribution in [0.1, 0.15) is 9.88 Å². The van der Waals surface area contributed by atoms with Gasteiger partial charge in [0, 0.05) is 15.0 Å². The number of thiophene rings is 1. The molecule has 0 amide bonds. The number of hydrogen-bond donors (Lipinski definition) is 1. The van der Waals surface area contributed by atoms with E-state index in [9.17, 15) is 8.42 Å². The highest BCUT2D eigenvalue weighted by molar-refractivity contribution is 7.93. The monoisotopic (exact) mass is 325 g/mol. The van der Waals surface area contributed by atoms with Crippen LogP contribution >= 0.6 is 22.7 Å². The Morgan fingerprint density at radius 2 is 1.85 bits per heavy atom. The van der Waals surface area contributed by atoms with E-state index in [2.05, 4.69) is 14.9 Å². The van der Waals surface area contributed by atoms with Crippen LogP contribution in [0.5, 0.6) is 0 Å². The summed E-state index contributed by atoms with van der Waals surface area (Å²) >= 11 is 2.68. The van der Waals surface area contributed by atoms with Crippen LogP contribution in [0, 0.1) is 13.8 Å². The summed E-state index contributed by atoms with van der Waals surface area (Å²) in [5, 5.41) is 9.36. The van der Waals surface area contributed by atoms with E-state index in [1.54, 1.807) is 6.92 Å². The maximum absolute atomic E-state index is 12.5. The summed E-state index contributed by atoms with van der Waals surface area (Å²) in [6, 6.07) is 7.47. The van der Waals surface area contributed by atoms with Crippen molar-refractivity contribution < 1.29 is 8.42 Å². The van der Waals surface area contributed by atoms with Gasteiger partial charge in [-0.3, -0.25) is 4.72 Å². The lowest BCUT2D eigenvalue weighted by molar-refractivity contribution is 0.602. The molecular formula is C12H11N3O2S3. The molecule has 104 valence electrons. The molecule has 0 aliphatic rings. The molecule has 0 saturated heterocycles. The molecule has 5 nitrogen and oxygen atoms in total. The minimum absolute atomic E-state index is 0.289. The van der Waals surface area contributed by atoms with Crippen molar-refractivity contribution in [1.29, 1.82) is 0 Å². The van der Waals surface area contributed by atoms with E-state index >= 15 is 0 Å². The zero-order chi connectivity index (χ0) is 14.3. The third-order valence-corrected chi connectivity index (χ3v) is 6.36. The molecule has 0 radical (unpaired) electrons. The van der Waals surface area contributed by atoms with E-state index in [0.29, 0.717) is 4.90 Å². The smallest absolute Gasteiger partial charge is 0.253 e. The number of anilines is 1. The molecule has 3 aromatic rings. The summed E-state index contributed by atoms with van der Waals surface area (Å²) in [4.78, 5) is 1.09. The maximum atomic E-state index is 12.5. The number of nitrogens with one attached hydrogen (secondary N) is 1. The van der Waals surface area contributed by atoms with Crippen LogP contribution < -0.4 is 4.72 Å². The van der Waals surface area contributed by atoms with Crippen LogP contribution in [0.25, 0.3) is 10.1 Å². The van der Waals surface area contributed by atoms with Crippen LogP contribution in [0.3, 0.4) is 0 Å². The first-order valence-electron chi connectivity index (χ1n) is 5.78. The van der Waals surface area contributed by atoms with Crippen LogP contribution in [0.15, 0.2) is 29.2 Å². The Hall–Kier alpha value is -1.51. The molecule has 0 fully saturated rings. The van der Waals surface area contributed by atoms with Gasteiger partial charge >= 0.3 is 0 Å². The predicted octanol–water partition coefficient (Wildman–Crippen LogP) is 3.17. The Balaban J connectivity index is 2.11. The molecule has 0 atom stereocenters. The lowest BCUT2D eigenvalue weighted by Crippen LogP contribution is -2.13. The largest absolute Gasteiger partial charge is 0.265 e. The first kappa shape index (κ1) is 13.5. The number of benzene rings is 1. The van der Waals surface area contributed by atoms with Gasteiger partial charge in [0.05, 0.1) is 0 Å². The highest BCUT2D eigenvalue weighted by atomic mass is 32.2. The van der Waals surface area contributed by atoms with Gasteiger partial charge in [-0.1, -0.05) is 29.5 Å². The Morgan fingerprint density at radius 1 is 1.10 bits per heavy atom. The minimum Gasteiger partial charge on any atom is -0.253 e. The highest BCUT2D eigenvalue weighted by Gasteiger charge is 2.23. The average molecular weight is 325 g/mol. The van der Waals surface area contributed by atoms with E-state index in [-0.39, 0.29) is 5.13 Å². The van der Waals surface area contributed by atoms with Crippen molar-refractivity contribution in [1.82, 2.24) is 10.2 Å². The molecule has 0 saturated carbocycles. The molecule has 0 unspecified atom stereocenters. The second-order valence-electron chi connectivity index (χ2n) is 4.22. The van der Waals surface area contributed by atoms with Gasteiger partial charge in [0.2, 0.25) is 5.13 Å². The quantitative estimate of drug-likeness (QED) is 0.803. The van der Waals surface area contributed by atoms with Crippen molar-refractivity contribution in [2.24, 2.45) is 0 Å². The van der Waals surface area contributed by atoms with Gasteiger partial charge in [0.25, 0.3) is 10.0 Å². The number of fused-ring (bicyclic) bond motifs is 1. The third-order valence-electron chi connectivity index (χ3n) is 2.73. The lowest BCUT2D eigenvalue weighted by Gasteiger charge is -2.04. The standard InChI is InChI=1S/C12H11N3O2S3/c1-7-11(9-5-3-4-6-10(9)18-7)20(16,17)15-12-14-13-8(2)19-12/h3-6H,1-2H3,(H,14,15). The highest BCUT2D eigenvalue weighted by Crippen LogP contribution is 2.35. The first-order chi connectivity index (χ1) is 9.47. The fraction of sp³-hybridized carbons (Fsp3) is 0.167. The van der Waals surface area contributed by atoms with Gasteiger partial charge in [-0.15, -0.1) is 21.5 Å². The topological polar surface area (TPSA) is 72.0 Å². The molecule has 2 aromatic heterocycles. The van der Waals surface area contributed by atoms with Gasteiger partial charge in [-0.25, -0.2) is 8.42 Å². The van der Waals surface area contributed by atoms with Gasteiger partial charge in [0.1, 0.15) is 9.90 Å². The number of rotatable bonds is 3. The number of sulfonamides is 1. The SMILES string of the molecule is Cc1nnc(NS(=O)(=O)c2c(C)sc3ccccc23)s1. The molecule has 1 aromatic carbocycles. The number of hydrogen-bond acceptors (Lipinski definition) is 6. The molecule has 2 heterocycles. The fourth-order valence-corrected chi connectivity index (χ4v) is 5.62. The second-order valence-corrected chi connectivity index (χ2v) is 8.27. The Bertz CT molecular complexity index is 880. The lowest BCUT2D eigenvalue weighted by atomic mass is 10.2. The Labute approximate surface area is 124 Å². The van der Waals surface area contributed by atoms with Crippen LogP contribution in [-0.2, 0) is 10.0 Å². The Kier molecular flexibility index (Phi) is 3.23. The molecule has 1 N–H and O–H groups in total. The number of aryl methyl sites for hydroxylation is 2. The molecule has 20 heavy (non-hydrogen) atoms. The van der Waals surface area contributed by atoms with E-state index in [1.807, 2.05) is 31.2 Å². The van der Waals surface area contributed by atoms with Crippen molar-refractivity contribution in [3.05, 3.63) is 34.2 Å². The molecule has 0 bridgehead atoms. The van der Waals surface area contributed by atoms with E-state index in [1.165, 1.54) is 22.7 Å². The normalized spacial score (nSPS) is 11.9. The van der Waals surface area contributed by atoms with E-state index in [0.717, 1.165) is 20.0 Å². The number of nitrogens with zero attached hydrogens (tertiary/aromatic N) is 2. The van der Waals surface area contributed by atoms with Crippen molar-refractivity contribution in [2.45, 2.75) is 18.7 Å². The number of aromatic nitrogens is 2. The summed E-state index contributed by atoms with van der Waals surface area (Å²) in [5.41, 5.74) is 0. The summed E-state index contributed by atoms with van der Waals surface area (Å²) in [6.45, 7) is 3.59. The zero-order valence-electron chi connectivity index (χ0n) is 10.7. The molecule has 3 rings (SSSR count). The summed E-state index contributed by atoms with van der Waals surface area (Å²) in [7, 11) is -3.65. The van der Waals surface area contributed by atoms with Crippen LogP contribution in [0.2, 0.25) is 0 Å². The van der Waals surface area contributed by atoms with Crippen LogP contribution in [-0.4, -0.2) is 18.6 Å². The molecule has 0 aliphatic heterocycles. The summed E-state index contributed by atoms with van der Waals surface area (Å²) < 4.78 is 28.5.